The summed E-state index contributed by atoms with van der Waals surface area (Å²) < 4.78 is 37.4. The van der Waals surface area contributed by atoms with Crippen LogP contribution in [0.15, 0.2) is 18.2 Å². The number of carbonyl (C=O) groups excluding carboxylic acids is 1. The third-order valence-electron chi connectivity index (χ3n) is 2.44. The molecular formula is C13H10Cl2F3NOS. The summed E-state index contributed by atoms with van der Waals surface area (Å²) in [5.74, 6) is 0.246. The number of alkyl halides is 4. The van der Waals surface area contributed by atoms with Crippen molar-refractivity contribution in [1.82, 2.24) is 0 Å². The van der Waals surface area contributed by atoms with Crippen LogP contribution in [0.2, 0.25) is 5.02 Å². The van der Waals surface area contributed by atoms with Crippen molar-refractivity contribution in [3.8, 4) is 6.07 Å². The van der Waals surface area contributed by atoms with Crippen LogP contribution >= 0.6 is 35.0 Å². The van der Waals surface area contributed by atoms with E-state index in [1.54, 1.807) is 0 Å². The fourth-order valence-corrected chi connectivity index (χ4v) is 2.69. The molecule has 0 saturated carbocycles. The van der Waals surface area contributed by atoms with Crippen LogP contribution in [0.3, 0.4) is 0 Å². The number of Topliss-reactive ketones (excluding diaryl/α,β-unsaturated/α-hetero) is 1. The molecule has 0 aliphatic heterocycles. The average Bonchev–Trinajstić information content (AvgIpc) is 2.39. The molecule has 1 aromatic rings. The van der Waals surface area contributed by atoms with Gasteiger partial charge in [-0.2, -0.15) is 30.2 Å². The molecule has 0 aromatic heterocycles. The lowest BCUT2D eigenvalue weighted by atomic mass is 10.1. The normalized spacial score (nSPS) is 12.8. The van der Waals surface area contributed by atoms with Gasteiger partial charge < -0.3 is 0 Å². The van der Waals surface area contributed by atoms with Gasteiger partial charge in [-0.1, -0.05) is 17.7 Å². The largest absolute Gasteiger partial charge is 0.416 e. The van der Waals surface area contributed by atoms with Crippen molar-refractivity contribution < 1.29 is 18.0 Å². The second-order valence-electron chi connectivity index (χ2n) is 4.13. The van der Waals surface area contributed by atoms with E-state index >= 15 is 0 Å². The molecule has 8 heteroatoms. The van der Waals surface area contributed by atoms with Gasteiger partial charge in [0, 0.05) is 17.2 Å². The Balaban J connectivity index is 2.59. The Morgan fingerprint density at radius 2 is 2.10 bits per heavy atom. The van der Waals surface area contributed by atoms with Crippen molar-refractivity contribution in [2.45, 2.75) is 18.0 Å². The molecule has 0 bridgehead atoms. The molecule has 1 unspecified atom stereocenters. The van der Waals surface area contributed by atoms with Gasteiger partial charge in [-0.15, -0.1) is 11.6 Å². The highest BCUT2D eigenvalue weighted by molar-refractivity contribution is 8.00. The first kappa shape index (κ1) is 18.1. The van der Waals surface area contributed by atoms with E-state index < -0.39 is 17.1 Å². The molecule has 0 heterocycles. The van der Waals surface area contributed by atoms with Gasteiger partial charge in [-0.3, -0.25) is 4.79 Å². The first-order chi connectivity index (χ1) is 9.74. The smallest absolute Gasteiger partial charge is 0.298 e. The molecule has 2 nitrogen and oxygen atoms in total. The number of carbonyl (C=O) groups is 1. The van der Waals surface area contributed by atoms with Gasteiger partial charge in [0.05, 0.1) is 17.4 Å². The zero-order valence-corrected chi connectivity index (χ0v) is 12.9. The lowest BCUT2D eigenvalue weighted by molar-refractivity contribution is -0.137. The monoisotopic (exact) mass is 355 g/mol. The molecule has 1 aromatic carbocycles. The average molecular weight is 356 g/mol. The minimum absolute atomic E-state index is 0.0521. The quantitative estimate of drug-likeness (QED) is 0.713. The maximum atomic E-state index is 12.5. The van der Waals surface area contributed by atoms with E-state index in [0.29, 0.717) is 11.3 Å². The number of hydrogen-bond acceptors (Lipinski definition) is 3. The predicted molar refractivity (Wildman–Crippen MR) is 77.7 cm³/mol. The molecule has 0 aliphatic carbocycles. The van der Waals surface area contributed by atoms with E-state index in [0.717, 1.165) is 12.1 Å². The summed E-state index contributed by atoms with van der Waals surface area (Å²) >= 11 is 12.5. The second kappa shape index (κ2) is 7.92. The van der Waals surface area contributed by atoms with Crippen LogP contribution in [0.4, 0.5) is 13.2 Å². The fourth-order valence-electron chi connectivity index (χ4n) is 1.44. The third-order valence-corrected chi connectivity index (χ3v) is 4.32. The highest BCUT2D eigenvalue weighted by Crippen LogP contribution is 2.32. The molecule has 0 aliphatic rings. The molecule has 114 valence electrons. The number of ketones is 1. The number of halogens is 5. The molecule has 0 spiro atoms. The van der Waals surface area contributed by atoms with Crippen molar-refractivity contribution >= 4 is 40.7 Å². The van der Waals surface area contributed by atoms with Crippen molar-refractivity contribution in [1.29, 1.82) is 5.26 Å². The van der Waals surface area contributed by atoms with Crippen molar-refractivity contribution in [3.05, 3.63) is 34.3 Å². The van der Waals surface area contributed by atoms with E-state index in [1.807, 2.05) is 6.07 Å². The first-order valence-electron chi connectivity index (χ1n) is 5.72. The van der Waals surface area contributed by atoms with Crippen LogP contribution in [0.25, 0.3) is 0 Å². The molecule has 0 radical (unpaired) electrons. The molecule has 0 amide bonds. The van der Waals surface area contributed by atoms with Gasteiger partial charge >= 0.3 is 6.18 Å². The van der Waals surface area contributed by atoms with E-state index in [2.05, 4.69) is 0 Å². The Morgan fingerprint density at radius 1 is 1.43 bits per heavy atom. The topological polar surface area (TPSA) is 40.9 Å². The number of nitriles is 1. The first-order valence-corrected chi connectivity index (χ1v) is 7.69. The standard InChI is InChI=1S/C13H10Cl2F3NOS/c14-10(5-19)6-21-7-11(20)3-8-1-2-9(4-12(8)15)13(16,17)18/h1-2,4,10H,3,6-7H2. The third kappa shape index (κ3) is 6.16. The van der Waals surface area contributed by atoms with Crippen LogP contribution in [-0.2, 0) is 17.4 Å². The van der Waals surface area contributed by atoms with Gasteiger partial charge in [-0.25, -0.2) is 0 Å². The zero-order valence-electron chi connectivity index (χ0n) is 10.6. The fraction of sp³-hybridized carbons (Fsp3) is 0.385. The Kier molecular flexibility index (Phi) is 6.85. The second-order valence-corrected chi connectivity index (χ2v) is 6.10. The van der Waals surface area contributed by atoms with Crippen LogP contribution in [-0.4, -0.2) is 22.7 Å². The summed E-state index contributed by atoms with van der Waals surface area (Å²) in [5.41, 5.74) is -0.505. The van der Waals surface area contributed by atoms with Crippen LogP contribution < -0.4 is 0 Å². The summed E-state index contributed by atoms with van der Waals surface area (Å²) in [4.78, 5) is 11.7. The summed E-state index contributed by atoms with van der Waals surface area (Å²) in [6.45, 7) is 0. The van der Waals surface area contributed by atoms with Crippen molar-refractivity contribution in [3.63, 3.8) is 0 Å². The van der Waals surface area contributed by atoms with Gasteiger partial charge in [0.1, 0.15) is 11.2 Å². The minimum Gasteiger partial charge on any atom is -0.298 e. The maximum Gasteiger partial charge on any atom is 0.416 e. The highest BCUT2D eigenvalue weighted by atomic mass is 35.5. The number of nitrogens with zero attached hydrogens (tertiary/aromatic N) is 1. The molecule has 0 fully saturated rings. The Hall–Kier alpha value is -0.900. The Labute approximate surface area is 134 Å². The van der Waals surface area contributed by atoms with E-state index in [4.69, 9.17) is 28.5 Å². The van der Waals surface area contributed by atoms with Crippen LogP contribution in [0.5, 0.6) is 0 Å². The minimum atomic E-state index is -4.46. The van der Waals surface area contributed by atoms with Crippen LogP contribution in [0, 0.1) is 11.3 Å². The van der Waals surface area contributed by atoms with E-state index in [9.17, 15) is 18.0 Å². The summed E-state index contributed by atoms with van der Waals surface area (Å²) in [6.07, 6.45) is -4.52. The van der Waals surface area contributed by atoms with Gasteiger partial charge in [0.2, 0.25) is 0 Å². The molecule has 21 heavy (non-hydrogen) atoms. The molecule has 0 N–H and O–H groups in total. The number of hydrogen-bond donors (Lipinski definition) is 0. The number of rotatable bonds is 6. The van der Waals surface area contributed by atoms with E-state index in [-0.39, 0.29) is 23.0 Å². The SMILES string of the molecule is N#CC(Cl)CSCC(=O)Cc1ccc(C(F)(F)F)cc1Cl. The molecular weight excluding hydrogens is 346 g/mol. The molecule has 1 rings (SSSR count). The van der Waals surface area contributed by atoms with Crippen molar-refractivity contribution in [2.24, 2.45) is 0 Å². The van der Waals surface area contributed by atoms with Gasteiger partial charge in [0.25, 0.3) is 0 Å². The lowest BCUT2D eigenvalue weighted by Gasteiger charge is -2.09. The van der Waals surface area contributed by atoms with Gasteiger partial charge in [-0.05, 0) is 17.7 Å². The van der Waals surface area contributed by atoms with Gasteiger partial charge in [0.15, 0.2) is 0 Å². The Bertz CT molecular complexity index is 557. The van der Waals surface area contributed by atoms with Crippen molar-refractivity contribution in [2.75, 3.05) is 11.5 Å². The summed E-state index contributed by atoms with van der Waals surface area (Å²) in [6, 6.07) is 4.73. The zero-order chi connectivity index (χ0) is 16.0. The lowest BCUT2D eigenvalue weighted by Crippen LogP contribution is -2.10. The van der Waals surface area contributed by atoms with E-state index in [1.165, 1.54) is 17.8 Å². The number of thioether (sulfide) groups is 1. The Morgan fingerprint density at radius 3 is 2.62 bits per heavy atom. The number of benzene rings is 1. The summed E-state index contributed by atoms with van der Waals surface area (Å²) in [7, 11) is 0. The predicted octanol–water partition coefficient (Wildman–Crippen LogP) is 4.33. The summed E-state index contributed by atoms with van der Waals surface area (Å²) in [5, 5.41) is 7.72. The molecule has 0 saturated heterocycles. The van der Waals surface area contributed by atoms with Crippen LogP contribution in [0.1, 0.15) is 11.1 Å². The molecule has 1 atom stereocenters. The highest BCUT2D eigenvalue weighted by Gasteiger charge is 2.30. The maximum absolute atomic E-state index is 12.5.